The quantitative estimate of drug-likeness (QED) is 0.838. The summed E-state index contributed by atoms with van der Waals surface area (Å²) in [6, 6.07) is 2.00. The third-order valence-corrected chi connectivity index (χ3v) is 4.20. The number of carbonyl (C=O) groups excluding carboxylic acids is 2. The number of rotatable bonds is 3. The van der Waals surface area contributed by atoms with Crippen molar-refractivity contribution in [2.75, 3.05) is 6.54 Å². The Morgan fingerprint density at radius 1 is 1.29 bits per heavy atom. The standard InChI is InChI=1S/C13H17NO2S/c1-9(15)8-14-13(16)12-7-10-5-3-2-4-6-11(10)17-12/h7H,2-6,8H2,1H3,(H,14,16). The summed E-state index contributed by atoms with van der Waals surface area (Å²) < 4.78 is 0. The van der Waals surface area contributed by atoms with Crippen LogP contribution >= 0.6 is 11.3 Å². The smallest absolute Gasteiger partial charge is 0.261 e. The highest BCUT2D eigenvalue weighted by molar-refractivity contribution is 7.14. The maximum absolute atomic E-state index is 11.8. The van der Waals surface area contributed by atoms with Crippen LogP contribution in [0.1, 0.15) is 46.3 Å². The minimum Gasteiger partial charge on any atom is -0.344 e. The fraction of sp³-hybridized carbons (Fsp3) is 0.538. The van der Waals surface area contributed by atoms with E-state index in [1.54, 1.807) is 11.3 Å². The van der Waals surface area contributed by atoms with Crippen LogP contribution in [-0.4, -0.2) is 18.2 Å². The van der Waals surface area contributed by atoms with E-state index in [1.807, 2.05) is 6.07 Å². The average molecular weight is 251 g/mol. The van der Waals surface area contributed by atoms with Crippen molar-refractivity contribution < 1.29 is 9.59 Å². The molecule has 2 rings (SSSR count). The first kappa shape index (κ1) is 12.3. The van der Waals surface area contributed by atoms with Crippen molar-refractivity contribution in [3.63, 3.8) is 0 Å². The van der Waals surface area contributed by atoms with Gasteiger partial charge in [0.1, 0.15) is 5.78 Å². The van der Waals surface area contributed by atoms with Crippen molar-refractivity contribution in [2.24, 2.45) is 0 Å². The second kappa shape index (κ2) is 5.45. The molecular weight excluding hydrogens is 234 g/mol. The summed E-state index contributed by atoms with van der Waals surface area (Å²) in [6.07, 6.45) is 5.92. The summed E-state index contributed by atoms with van der Waals surface area (Å²) in [7, 11) is 0. The first-order valence-electron chi connectivity index (χ1n) is 6.06. The van der Waals surface area contributed by atoms with E-state index in [-0.39, 0.29) is 18.2 Å². The molecule has 17 heavy (non-hydrogen) atoms. The number of hydrogen-bond donors (Lipinski definition) is 1. The summed E-state index contributed by atoms with van der Waals surface area (Å²) in [5, 5.41) is 2.65. The Balaban J connectivity index is 2.06. The summed E-state index contributed by atoms with van der Waals surface area (Å²) in [5.41, 5.74) is 1.33. The molecule has 0 aliphatic heterocycles. The van der Waals surface area contributed by atoms with Crippen molar-refractivity contribution in [1.29, 1.82) is 0 Å². The highest BCUT2D eigenvalue weighted by atomic mass is 32.1. The molecule has 92 valence electrons. The maximum Gasteiger partial charge on any atom is 0.261 e. The number of aryl methyl sites for hydroxylation is 2. The minimum absolute atomic E-state index is 0.0172. The second-order valence-corrected chi connectivity index (χ2v) is 5.64. The zero-order valence-corrected chi connectivity index (χ0v) is 10.9. The van der Waals surface area contributed by atoms with Gasteiger partial charge in [-0.05, 0) is 44.2 Å². The molecule has 0 radical (unpaired) electrons. The molecule has 0 aromatic carbocycles. The third-order valence-electron chi connectivity index (χ3n) is 2.97. The fourth-order valence-corrected chi connectivity index (χ4v) is 3.24. The van der Waals surface area contributed by atoms with Gasteiger partial charge in [-0.3, -0.25) is 9.59 Å². The van der Waals surface area contributed by atoms with Crippen LogP contribution in [0.5, 0.6) is 0 Å². The Hall–Kier alpha value is -1.16. The van der Waals surface area contributed by atoms with Crippen molar-refractivity contribution in [2.45, 2.75) is 39.0 Å². The molecule has 1 N–H and O–H groups in total. The number of hydrogen-bond acceptors (Lipinski definition) is 3. The fourth-order valence-electron chi connectivity index (χ4n) is 2.07. The number of ketones is 1. The average Bonchev–Trinajstić information content (AvgIpc) is 2.58. The molecular formula is C13H17NO2S. The summed E-state index contributed by atoms with van der Waals surface area (Å²) in [6.45, 7) is 1.60. The summed E-state index contributed by atoms with van der Waals surface area (Å²) in [5.74, 6) is -0.130. The van der Waals surface area contributed by atoms with Crippen LogP contribution in [0.3, 0.4) is 0 Å². The van der Waals surface area contributed by atoms with Crippen LogP contribution in [0, 0.1) is 0 Å². The highest BCUT2D eigenvalue weighted by Crippen LogP contribution is 2.28. The van der Waals surface area contributed by atoms with Crippen LogP contribution in [0.15, 0.2) is 6.07 Å². The maximum atomic E-state index is 11.8. The number of carbonyl (C=O) groups is 2. The van der Waals surface area contributed by atoms with Gasteiger partial charge in [0.25, 0.3) is 5.91 Å². The molecule has 1 aliphatic rings. The molecule has 1 aromatic rings. The molecule has 1 heterocycles. The third kappa shape index (κ3) is 3.16. The van der Waals surface area contributed by atoms with Gasteiger partial charge >= 0.3 is 0 Å². The topological polar surface area (TPSA) is 46.2 Å². The zero-order chi connectivity index (χ0) is 12.3. The highest BCUT2D eigenvalue weighted by Gasteiger charge is 2.16. The van der Waals surface area contributed by atoms with Gasteiger partial charge in [-0.15, -0.1) is 11.3 Å². The Morgan fingerprint density at radius 2 is 2.06 bits per heavy atom. The van der Waals surface area contributed by atoms with Crippen molar-refractivity contribution in [1.82, 2.24) is 5.32 Å². The molecule has 0 unspecified atom stereocenters. The number of thiophene rings is 1. The van der Waals surface area contributed by atoms with Gasteiger partial charge in [-0.1, -0.05) is 6.42 Å². The molecule has 0 spiro atoms. The minimum atomic E-state index is -0.113. The lowest BCUT2D eigenvalue weighted by molar-refractivity contribution is -0.116. The molecule has 0 atom stereocenters. The van der Waals surface area contributed by atoms with E-state index in [0.29, 0.717) is 0 Å². The van der Waals surface area contributed by atoms with Crippen LogP contribution in [-0.2, 0) is 17.6 Å². The van der Waals surface area contributed by atoms with Gasteiger partial charge in [0.2, 0.25) is 0 Å². The number of Topliss-reactive ketones (excluding diaryl/α,β-unsaturated/α-hetero) is 1. The lowest BCUT2D eigenvalue weighted by Gasteiger charge is -1.99. The molecule has 0 bridgehead atoms. The van der Waals surface area contributed by atoms with Crippen LogP contribution in [0.4, 0.5) is 0 Å². The molecule has 0 fully saturated rings. The van der Waals surface area contributed by atoms with E-state index in [9.17, 15) is 9.59 Å². The first-order chi connectivity index (χ1) is 8.16. The van der Waals surface area contributed by atoms with Crippen LogP contribution in [0.2, 0.25) is 0 Å². The van der Waals surface area contributed by atoms with Crippen molar-refractivity contribution >= 4 is 23.0 Å². The summed E-state index contributed by atoms with van der Waals surface area (Å²) in [4.78, 5) is 24.7. The van der Waals surface area contributed by atoms with E-state index in [1.165, 1.54) is 36.6 Å². The summed E-state index contributed by atoms with van der Waals surface area (Å²) >= 11 is 1.59. The molecule has 1 aromatic heterocycles. The first-order valence-corrected chi connectivity index (χ1v) is 6.87. The molecule has 1 aliphatic carbocycles. The predicted molar refractivity (Wildman–Crippen MR) is 68.6 cm³/mol. The van der Waals surface area contributed by atoms with Gasteiger partial charge < -0.3 is 5.32 Å². The van der Waals surface area contributed by atoms with E-state index >= 15 is 0 Å². The number of fused-ring (bicyclic) bond motifs is 1. The van der Waals surface area contributed by atoms with E-state index < -0.39 is 0 Å². The molecule has 0 saturated heterocycles. The van der Waals surface area contributed by atoms with Gasteiger partial charge in [0, 0.05) is 4.88 Å². The molecule has 1 amide bonds. The van der Waals surface area contributed by atoms with Crippen molar-refractivity contribution in [3.05, 3.63) is 21.4 Å². The van der Waals surface area contributed by atoms with Crippen molar-refractivity contribution in [3.8, 4) is 0 Å². The Bertz CT molecular complexity index is 413. The van der Waals surface area contributed by atoms with E-state index in [0.717, 1.165) is 17.7 Å². The van der Waals surface area contributed by atoms with Gasteiger partial charge in [-0.25, -0.2) is 0 Å². The zero-order valence-electron chi connectivity index (χ0n) is 10.0. The Labute approximate surface area is 105 Å². The second-order valence-electron chi connectivity index (χ2n) is 4.50. The monoisotopic (exact) mass is 251 g/mol. The number of amides is 1. The Morgan fingerprint density at radius 3 is 2.82 bits per heavy atom. The van der Waals surface area contributed by atoms with Crippen LogP contribution < -0.4 is 5.32 Å². The molecule has 0 saturated carbocycles. The normalized spacial score (nSPS) is 14.9. The van der Waals surface area contributed by atoms with Gasteiger partial charge in [0.05, 0.1) is 11.4 Å². The van der Waals surface area contributed by atoms with E-state index in [4.69, 9.17) is 0 Å². The lowest BCUT2D eigenvalue weighted by Crippen LogP contribution is -2.27. The van der Waals surface area contributed by atoms with Crippen LogP contribution in [0.25, 0.3) is 0 Å². The Kier molecular flexibility index (Phi) is 3.94. The predicted octanol–water partition coefficient (Wildman–Crippen LogP) is 2.34. The lowest BCUT2D eigenvalue weighted by atomic mass is 10.1. The van der Waals surface area contributed by atoms with E-state index in [2.05, 4.69) is 5.32 Å². The molecule has 3 nitrogen and oxygen atoms in total. The van der Waals surface area contributed by atoms with Gasteiger partial charge in [-0.2, -0.15) is 0 Å². The largest absolute Gasteiger partial charge is 0.344 e. The number of nitrogens with one attached hydrogen (secondary N) is 1. The molecule has 4 heteroatoms. The van der Waals surface area contributed by atoms with Gasteiger partial charge in [0.15, 0.2) is 0 Å². The SMILES string of the molecule is CC(=O)CNC(=O)c1cc2c(s1)CCCCC2.